The van der Waals surface area contributed by atoms with Gasteiger partial charge in [0.15, 0.2) is 34.5 Å². The first kappa shape index (κ1) is 57.5. The molecule has 0 fully saturated rings. The Morgan fingerprint density at radius 1 is 0.434 bits per heavy atom. The summed E-state index contributed by atoms with van der Waals surface area (Å²) < 4.78 is 74.8. The topological polar surface area (TPSA) is 81.9 Å². The minimum absolute atomic E-state index is 0.412. The highest BCUT2D eigenvalue weighted by Gasteiger charge is 2.24. The van der Waals surface area contributed by atoms with E-state index in [1.165, 1.54) is 6.20 Å². The van der Waals surface area contributed by atoms with E-state index in [9.17, 15) is 8.63 Å². The molecular weight excluding hydrogens is 958 g/mol. The van der Waals surface area contributed by atoms with Gasteiger partial charge in [0, 0.05) is 17.5 Å². The number of benzene rings is 5. The fraction of sp³-hybridized carbons (Fsp3) is 0.484. The summed E-state index contributed by atoms with van der Waals surface area (Å²) in [6.45, 7) is 15.2. The number of halogens is 2. The van der Waals surface area contributed by atoms with Crippen molar-refractivity contribution in [3.8, 4) is 40.2 Å². The van der Waals surface area contributed by atoms with Crippen LogP contribution in [-0.4, -0.2) is 64.3 Å². The van der Waals surface area contributed by atoms with Crippen molar-refractivity contribution in [2.24, 2.45) is 4.99 Å². The molecular formula is C64H83BF2N2O7. The van der Waals surface area contributed by atoms with Crippen molar-refractivity contribution in [1.82, 2.24) is 4.48 Å². The molecule has 0 radical (unpaired) electrons. The number of aliphatic imine (C=N–C) groups is 1. The highest BCUT2D eigenvalue weighted by Crippen LogP contribution is 2.47. The van der Waals surface area contributed by atoms with Crippen LogP contribution in [0.25, 0.3) is 37.9 Å². The molecule has 1 aliphatic heterocycles. The van der Waals surface area contributed by atoms with Crippen molar-refractivity contribution in [1.29, 1.82) is 0 Å². The van der Waals surface area contributed by atoms with Gasteiger partial charge in [-0.05, 0) is 175 Å². The Morgan fingerprint density at radius 3 is 1.09 bits per heavy atom. The number of ether oxygens (including phenoxy) is 7. The van der Waals surface area contributed by atoms with Gasteiger partial charge in [-0.1, -0.05) is 111 Å². The second-order valence-corrected chi connectivity index (χ2v) is 19.9. The fourth-order valence-corrected chi connectivity index (χ4v) is 9.66. The van der Waals surface area contributed by atoms with Crippen LogP contribution in [0.4, 0.5) is 8.63 Å². The smallest absolute Gasteiger partial charge is 0.494 e. The summed E-state index contributed by atoms with van der Waals surface area (Å²) in [4.78, 5) is 4.43. The molecule has 0 saturated heterocycles. The van der Waals surface area contributed by atoms with E-state index in [1.807, 2.05) is 36.4 Å². The quantitative estimate of drug-likeness (QED) is 0.0218. The van der Waals surface area contributed by atoms with Crippen LogP contribution in [0.3, 0.4) is 0 Å². The number of hydrogen-bond donors (Lipinski definition) is 0. The monoisotopic (exact) mass is 1040 g/mol. The Labute approximate surface area is 452 Å². The van der Waals surface area contributed by atoms with Gasteiger partial charge in [-0.25, -0.2) is 0 Å². The van der Waals surface area contributed by atoms with Gasteiger partial charge in [-0.15, -0.1) is 0 Å². The molecule has 0 spiro atoms. The highest BCUT2D eigenvalue weighted by molar-refractivity contribution is 6.41. The van der Waals surface area contributed by atoms with Crippen LogP contribution in [-0.2, 0) is 0 Å². The van der Waals surface area contributed by atoms with Crippen LogP contribution in [0, 0.1) is 0 Å². The minimum atomic E-state index is -2.66. The molecule has 1 aliphatic rings. The van der Waals surface area contributed by atoms with Crippen LogP contribution in [0.5, 0.6) is 40.2 Å². The third-order valence-corrected chi connectivity index (χ3v) is 13.9. The number of allylic oxidation sites excluding steroid dienone is 2. The summed E-state index contributed by atoms with van der Waals surface area (Å²) in [7, 11) is -2.66. The highest BCUT2D eigenvalue weighted by atomic mass is 19.2. The summed E-state index contributed by atoms with van der Waals surface area (Å²) in [6, 6.07) is 24.0. The molecule has 12 heteroatoms. The molecule has 5 aromatic carbocycles. The molecule has 408 valence electrons. The molecule has 0 atom stereocenters. The average Bonchev–Trinajstić information content (AvgIpc) is 4.19. The Balaban J connectivity index is 1.14. The predicted molar refractivity (Wildman–Crippen MR) is 311 cm³/mol. The van der Waals surface area contributed by atoms with Gasteiger partial charge in [0.1, 0.15) is 5.75 Å². The van der Waals surface area contributed by atoms with Crippen molar-refractivity contribution >= 4 is 51.5 Å². The predicted octanol–water partition coefficient (Wildman–Crippen LogP) is 18.0. The van der Waals surface area contributed by atoms with Crippen LogP contribution in [0.2, 0.25) is 0 Å². The summed E-state index contributed by atoms with van der Waals surface area (Å²) in [6.07, 6.45) is 26.3. The number of aromatic nitrogens is 1. The Hall–Kier alpha value is -6.17. The number of hydrogen-bond acceptors (Lipinski definition) is 8. The van der Waals surface area contributed by atoms with Crippen molar-refractivity contribution in [3.05, 3.63) is 108 Å². The second kappa shape index (κ2) is 31.2. The van der Waals surface area contributed by atoms with Gasteiger partial charge in [-0.3, -0.25) is 13.6 Å². The standard InChI is InChI=1S/C64H83BF2N2O7/c1-6-11-18-36-71-58-42-50-51-43-59(72-37-19-12-7-2)61(74-39-21-14-9-4)45-53(51)55-47-63(62(75-40-22-15-10-5)46-54(55)52(50)44-60(58)73-38-20-13-8-3)76-41-24-17-16-23-35-70-49-31-29-48(30-32-49)64(56-27-25-33-68-56)57-28-26-34-69(57)65(66)67/h25-34,42-47H,6-24,35-41H2,1-5H3/b64-56-. The first-order valence-electron chi connectivity index (χ1n) is 28.8. The molecule has 2 heterocycles. The van der Waals surface area contributed by atoms with Crippen LogP contribution < -0.4 is 33.2 Å². The first-order chi connectivity index (χ1) is 37.4. The van der Waals surface area contributed by atoms with Gasteiger partial charge < -0.3 is 37.6 Å². The summed E-state index contributed by atoms with van der Waals surface area (Å²) in [5.41, 5.74) is 2.49. The average molecular weight is 1040 g/mol. The Kier molecular flexibility index (Phi) is 23.6. The first-order valence-corrected chi connectivity index (χ1v) is 28.8. The van der Waals surface area contributed by atoms with Crippen LogP contribution in [0.1, 0.15) is 168 Å². The number of unbranched alkanes of at least 4 members (excludes halogenated alkanes) is 13. The van der Waals surface area contributed by atoms with Crippen molar-refractivity contribution in [2.45, 2.75) is 157 Å². The zero-order valence-electron chi connectivity index (χ0n) is 46.2. The summed E-state index contributed by atoms with van der Waals surface area (Å²) in [5, 5.41) is 6.34. The molecule has 6 aromatic rings. The van der Waals surface area contributed by atoms with E-state index < -0.39 is 7.40 Å². The van der Waals surface area contributed by atoms with Crippen LogP contribution >= 0.6 is 0 Å². The Morgan fingerprint density at radius 2 is 0.776 bits per heavy atom. The molecule has 0 unspecified atom stereocenters. The van der Waals surface area contributed by atoms with Gasteiger partial charge in [0.2, 0.25) is 0 Å². The molecule has 1 aromatic heterocycles. The van der Waals surface area contributed by atoms with Crippen molar-refractivity contribution < 1.29 is 41.8 Å². The molecule has 9 nitrogen and oxygen atoms in total. The maximum atomic E-state index is 13.9. The lowest BCUT2D eigenvalue weighted by molar-refractivity contribution is 0.257. The molecule has 0 bridgehead atoms. The fourth-order valence-electron chi connectivity index (χ4n) is 9.66. The molecule has 7 rings (SSSR count). The van der Waals surface area contributed by atoms with E-state index in [4.69, 9.17) is 33.2 Å². The van der Waals surface area contributed by atoms with Crippen molar-refractivity contribution in [2.75, 3.05) is 46.2 Å². The normalized spacial score (nSPS) is 12.8. The Bertz CT molecular complexity index is 2760. The third-order valence-electron chi connectivity index (χ3n) is 13.9. The largest absolute Gasteiger partial charge is 0.677 e. The van der Waals surface area contributed by atoms with E-state index in [-0.39, 0.29) is 0 Å². The SMILES string of the molecule is CCCCCOc1cc2c3cc(OCCCCC)c(OCCCCC)cc3c3cc(OCCCCCCOc4ccc(/C(=C5\C=CC=N5)c5cccn5B(F)F)cc4)c(OCCCCC)cc3c2cc1OCCCCC. The molecule has 0 N–H and O–H groups in total. The van der Waals surface area contributed by atoms with E-state index >= 15 is 0 Å². The summed E-state index contributed by atoms with van der Waals surface area (Å²) in [5.74, 6) is 5.24. The number of fused-ring (bicyclic) bond motifs is 6. The van der Waals surface area contributed by atoms with E-state index in [0.29, 0.717) is 63.2 Å². The zero-order valence-corrected chi connectivity index (χ0v) is 46.2. The van der Waals surface area contributed by atoms with Crippen molar-refractivity contribution in [3.63, 3.8) is 0 Å². The lowest BCUT2D eigenvalue weighted by Crippen LogP contribution is -2.15. The molecule has 76 heavy (non-hydrogen) atoms. The van der Waals surface area contributed by atoms with E-state index in [2.05, 4.69) is 76.0 Å². The van der Waals surface area contributed by atoms with Gasteiger partial charge in [-0.2, -0.15) is 0 Å². The molecule has 0 amide bonds. The molecule has 0 saturated carbocycles. The number of nitrogens with zero attached hydrogens (tertiary/aromatic N) is 2. The lowest BCUT2D eigenvalue weighted by atomic mass is 9.93. The maximum absolute atomic E-state index is 13.9. The lowest BCUT2D eigenvalue weighted by Gasteiger charge is -2.21. The molecule has 0 aliphatic carbocycles. The number of rotatable bonds is 37. The summed E-state index contributed by atoms with van der Waals surface area (Å²) >= 11 is 0. The third kappa shape index (κ3) is 15.9. The van der Waals surface area contributed by atoms with Crippen LogP contribution in [0.15, 0.2) is 102 Å². The van der Waals surface area contributed by atoms with Gasteiger partial charge >= 0.3 is 7.40 Å². The minimum Gasteiger partial charge on any atom is -0.494 e. The second-order valence-electron chi connectivity index (χ2n) is 19.9. The maximum Gasteiger partial charge on any atom is 0.677 e. The van der Waals surface area contributed by atoms with Gasteiger partial charge in [0.05, 0.1) is 51.9 Å². The zero-order chi connectivity index (χ0) is 53.3. The van der Waals surface area contributed by atoms with E-state index in [1.54, 1.807) is 18.3 Å². The van der Waals surface area contributed by atoms with Gasteiger partial charge in [0.25, 0.3) is 0 Å². The van der Waals surface area contributed by atoms with E-state index in [0.717, 1.165) is 205 Å².